The van der Waals surface area contributed by atoms with E-state index in [9.17, 15) is 5.11 Å². The summed E-state index contributed by atoms with van der Waals surface area (Å²) in [6.07, 6.45) is 1.17. The van der Waals surface area contributed by atoms with E-state index in [0.717, 1.165) is 67.5 Å². The van der Waals surface area contributed by atoms with E-state index in [1.807, 2.05) is 13.0 Å². The van der Waals surface area contributed by atoms with Crippen molar-refractivity contribution in [2.75, 3.05) is 38.3 Å². The number of ether oxygens (including phenoxy) is 2. The Labute approximate surface area is 147 Å². The molecule has 2 heterocycles. The Bertz CT molecular complexity index is 752. The van der Waals surface area contributed by atoms with Crippen molar-refractivity contribution in [3.05, 3.63) is 40.7 Å². The molecular weight excluding hydrogens is 318 g/mol. The Kier molecular flexibility index (Phi) is 4.39. The lowest BCUT2D eigenvalue weighted by Gasteiger charge is -2.30. The van der Waals surface area contributed by atoms with Crippen molar-refractivity contribution in [3.8, 4) is 5.75 Å². The third-order valence-electron chi connectivity index (χ3n) is 5.27. The number of aromatic nitrogens is 2. The lowest BCUT2D eigenvalue weighted by atomic mass is 9.97. The van der Waals surface area contributed by atoms with Gasteiger partial charge in [-0.1, -0.05) is 0 Å². The topological polar surface area (TPSA) is 70.6 Å². The molecule has 1 aromatic heterocycles. The second-order valence-electron chi connectivity index (χ2n) is 6.98. The normalized spacial score (nSPS) is 22.9. The summed E-state index contributed by atoms with van der Waals surface area (Å²) in [4.78, 5) is 2.30. The third-order valence-corrected chi connectivity index (χ3v) is 5.27. The summed E-state index contributed by atoms with van der Waals surface area (Å²) < 4.78 is 11.1. The number of anilines is 1. The molecule has 2 unspecified atom stereocenters. The summed E-state index contributed by atoms with van der Waals surface area (Å²) in [6.45, 7) is 5.21. The number of nitrogens with zero attached hydrogens (tertiary/aromatic N) is 2. The number of aromatic amines is 1. The van der Waals surface area contributed by atoms with Gasteiger partial charge in [-0.05, 0) is 55.0 Å². The monoisotopic (exact) mass is 343 g/mol. The molecule has 1 aromatic carbocycles. The fourth-order valence-electron chi connectivity index (χ4n) is 3.97. The first-order valence-electron chi connectivity index (χ1n) is 8.88. The molecule has 134 valence electrons. The maximum atomic E-state index is 10.8. The quantitative estimate of drug-likeness (QED) is 0.889. The smallest absolute Gasteiger partial charge is 0.142 e. The van der Waals surface area contributed by atoms with Gasteiger partial charge >= 0.3 is 0 Å². The Morgan fingerprint density at radius 3 is 2.80 bits per heavy atom. The van der Waals surface area contributed by atoms with Gasteiger partial charge in [0.2, 0.25) is 0 Å². The molecule has 4 rings (SSSR count). The van der Waals surface area contributed by atoms with Crippen LogP contribution in [0.15, 0.2) is 18.2 Å². The fraction of sp³-hybridized carbons (Fsp3) is 0.526. The number of methoxy groups -OCH3 is 1. The number of aliphatic hydroxyl groups is 1. The molecule has 1 aliphatic heterocycles. The minimum atomic E-state index is -0.473. The average molecular weight is 343 g/mol. The van der Waals surface area contributed by atoms with E-state index in [0.29, 0.717) is 0 Å². The zero-order valence-electron chi connectivity index (χ0n) is 14.8. The third kappa shape index (κ3) is 3.12. The standard InChI is InChI=1S/C19H25N3O3/c1-12-7-15(21-20-12)9-14-8-13-10-17(22-3-5-25-6-4-22)18(24-2)11-16(13)19(14)23/h7,10-11,14,19,23H,3-6,8-9H2,1-2H3,(H,20,21). The van der Waals surface area contributed by atoms with Crippen LogP contribution in [-0.4, -0.2) is 48.7 Å². The van der Waals surface area contributed by atoms with Gasteiger partial charge in [-0.25, -0.2) is 0 Å². The van der Waals surface area contributed by atoms with Gasteiger partial charge in [0.1, 0.15) is 5.75 Å². The predicted octanol–water partition coefficient (Wildman–Crippen LogP) is 2.01. The van der Waals surface area contributed by atoms with E-state index in [-0.39, 0.29) is 5.92 Å². The number of aryl methyl sites for hydroxylation is 1. The van der Waals surface area contributed by atoms with Crippen LogP contribution < -0.4 is 9.64 Å². The Morgan fingerprint density at radius 1 is 1.32 bits per heavy atom. The van der Waals surface area contributed by atoms with Gasteiger partial charge in [0.05, 0.1) is 37.8 Å². The Hall–Kier alpha value is -2.05. The van der Waals surface area contributed by atoms with Crippen molar-refractivity contribution in [2.24, 2.45) is 5.92 Å². The summed E-state index contributed by atoms with van der Waals surface area (Å²) in [5.74, 6) is 0.985. The molecule has 1 aliphatic carbocycles. The van der Waals surface area contributed by atoms with E-state index in [4.69, 9.17) is 9.47 Å². The SMILES string of the molecule is COc1cc2c(cc1N1CCOCC1)CC(Cc1cc(C)[nH]n1)C2O. The number of morpholine rings is 1. The van der Waals surface area contributed by atoms with E-state index in [1.165, 1.54) is 5.56 Å². The van der Waals surface area contributed by atoms with Crippen molar-refractivity contribution in [2.45, 2.75) is 25.9 Å². The number of H-pyrrole nitrogens is 1. The summed E-state index contributed by atoms with van der Waals surface area (Å²) in [5.41, 5.74) is 5.37. The van der Waals surface area contributed by atoms with Gasteiger partial charge in [0, 0.05) is 18.8 Å². The first kappa shape index (κ1) is 16.4. The molecule has 0 amide bonds. The molecule has 1 saturated heterocycles. The summed E-state index contributed by atoms with van der Waals surface area (Å²) >= 11 is 0. The molecule has 0 saturated carbocycles. The van der Waals surface area contributed by atoms with Crippen LogP contribution in [0.5, 0.6) is 5.75 Å². The van der Waals surface area contributed by atoms with Crippen LogP contribution in [0.3, 0.4) is 0 Å². The van der Waals surface area contributed by atoms with Gasteiger partial charge < -0.3 is 19.5 Å². The van der Waals surface area contributed by atoms with Crippen LogP contribution in [0.4, 0.5) is 5.69 Å². The minimum absolute atomic E-state index is 0.155. The lowest BCUT2D eigenvalue weighted by molar-refractivity contribution is 0.122. The van der Waals surface area contributed by atoms with Gasteiger partial charge in [0.25, 0.3) is 0 Å². The minimum Gasteiger partial charge on any atom is -0.495 e. The van der Waals surface area contributed by atoms with Crippen LogP contribution in [0.25, 0.3) is 0 Å². The summed E-state index contributed by atoms with van der Waals surface area (Å²) in [6, 6.07) is 6.26. The van der Waals surface area contributed by atoms with Crippen molar-refractivity contribution in [1.82, 2.24) is 10.2 Å². The highest BCUT2D eigenvalue weighted by Crippen LogP contribution is 2.43. The van der Waals surface area contributed by atoms with Crippen molar-refractivity contribution < 1.29 is 14.6 Å². The highest BCUT2D eigenvalue weighted by Gasteiger charge is 2.33. The second-order valence-corrected chi connectivity index (χ2v) is 6.98. The second kappa shape index (κ2) is 6.69. The molecule has 2 N–H and O–H groups in total. The van der Waals surface area contributed by atoms with Crippen molar-refractivity contribution >= 4 is 5.69 Å². The van der Waals surface area contributed by atoms with E-state index in [2.05, 4.69) is 27.2 Å². The summed E-state index contributed by atoms with van der Waals surface area (Å²) in [7, 11) is 1.69. The number of rotatable bonds is 4. The molecule has 0 spiro atoms. The van der Waals surface area contributed by atoms with E-state index in [1.54, 1.807) is 7.11 Å². The maximum Gasteiger partial charge on any atom is 0.142 e. The zero-order chi connectivity index (χ0) is 17.4. The molecule has 2 aliphatic rings. The highest BCUT2D eigenvalue weighted by atomic mass is 16.5. The van der Waals surface area contributed by atoms with E-state index < -0.39 is 6.10 Å². The Balaban J connectivity index is 1.60. The number of benzene rings is 1. The largest absolute Gasteiger partial charge is 0.495 e. The number of fused-ring (bicyclic) bond motifs is 1. The molecule has 0 radical (unpaired) electrons. The molecule has 6 heteroatoms. The maximum absolute atomic E-state index is 10.8. The molecule has 6 nitrogen and oxygen atoms in total. The molecule has 1 fully saturated rings. The first-order chi connectivity index (χ1) is 12.2. The lowest BCUT2D eigenvalue weighted by Crippen LogP contribution is -2.36. The molecule has 25 heavy (non-hydrogen) atoms. The zero-order valence-corrected chi connectivity index (χ0v) is 14.8. The van der Waals surface area contributed by atoms with Crippen LogP contribution in [-0.2, 0) is 17.6 Å². The predicted molar refractivity (Wildman–Crippen MR) is 95.2 cm³/mol. The fourth-order valence-corrected chi connectivity index (χ4v) is 3.97. The van der Waals surface area contributed by atoms with Gasteiger partial charge in [0.15, 0.2) is 0 Å². The van der Waals surface area contributed by atoms with Gasteiger partial charge in [-0.3, -0.25) is 5.10 Å². The number of nitrogens with one attached hydrogen (secondary N) is 1. The van der Waals surface area contributed by atoms with Gasteiger partial charge in [-0.2, -0.15) is 5.10 Å². The van der Waals surface area contributed by atoms with Crippen molar-refractivity contribution in [3.63, 3.8) is 0 Å². The molecule has 2 atom stereocenters. The molecular formula is C19H25N3O3. The van der Waals surface area contributed by atoms with E-state index >= 15 is 0 Å². The highest BCUT2D eigenvalue weighted by molar-refractivity contribution is 5.63. The number of hydrogen-bond donors (Lipinski definition) is 2. The number of aliphatic hydroxyl groups excluding tert-OH is 1. The van der Waals surface area contributed by atoms with Crippen LogP contribution in [0.2, 0.25) is 0 Å². The number of hydrogen-bond acceptors (Lipinski definition) is 5. The summed E-state index contributed by atoms with van der Waals surface area (Å²) in [5, 5.41) is 18.1. The van der Waals surface area contributed by atoms with Crippen LogP contribution in [0, 0.1) is 12.8 Å². The molecule has 0 bridgehead atoms. The Morgan fingerprint density at radius 2 is 2.12 bits per heavy atom. The van der Waals surface area contributed by atoms with Crippen LogP contribution >= 0.6 is 0 Å². The van der Waals surface area contributed by atoms with Crippen LogP contribution in [0.1, 0.15) is 28.6 Å². The average Bonchev–Trinajstić information content (AvgIpc) is 3.18. The van der Waals surface area contributed by atoms with Crippen molar-refractivity contribution in [1.29, 1.82) is 0 Å². The molecule has 2 aromatic rings. The first-order valence-corrected chi connectivity index (χ1v) is 8.88. The van der Waals surface area contributed by atoms with Gasteiger partial charge in [-0.15, -0.1) is 0 Å².